The second-order valence-electron chi connectivity index (χ2n) is 5.73. The molecular formula is C19H25Cl2NO2. The van der Waals surface area contributed by atoms with E-state index in [4.69, 9.17) is 16.3 Å². The summed E-state index contributed by atoms with van der Waals surface area (Å²) < 4.78 is 5.74. The Balaban J connectivity index is 0.00000288. The van der Waals surface area contributed by atoms with E-state index in [1.807, 2.05) is 68.4 Å². The molecule has 0 aliphatic rings. The van der Waals surface area contributed by atoms with Crippen LogP contribution in [-0.2, 0) is 4.74 Å². The maximum atomic E-state index is 10.1. The molecule has 24 heavy (non-hydrogen) atoms. The van der Waals surface area contributed by atoms with Crippen molar-refractivity contribution in [3.8, 4) is 0 Å². The summed E-state index contributed by atoms with van der Waals surface area (Å²) in [5.74, 6) is 0. The van der Waals surface area contributed by atoms with Crippen LogP contribution in [0.15, 0.2) is 54.6 Å². The molecule has 0 amide bonds. The van der Waals surface area contributed by atoms with E-state index in [1.54, 1.807) is 0 Å². The molecule has 2 rings (SSSR count). The molecule has 0 radical (unpaired) electrons. The second-order valence-corrected chi connectivity index (χ2v) is 6.16. The molecule has 3 unspecified atom stereocenters. The summed E-state index contributed by atoms with van der Waals surface area (Å²) in [5.41, 5.74) is 2.21. The molecule has 2 aromatic carbocycles. The van der Waals surface area contributed by atoms with Crippen LogP contribution in [0.2, 0.25) is 5.02 Å². The highest BCUT2D eigenvalue weighted by atomic mass is 35.5. The van der Waals surface area contributed by atoms with Crippen molar-refractivity contribution in [3.05, 3.63) is 70.7 Å². The van der Waals surface area contributed by atoms with Gasteiger partial charge in [0, 0.05) is 17.6 Å². The van der Waals surface area contributed by atoms with Crippen molar-refractivity contribution in [1.82, 2.24) is 5.32 Å². The van der Waals surface area contributed by atoms with Gasteiger partial charge in [0.05, 0.1) is 18.8 Å². The first-order chi connectivity index (χ1) is 11.1. The topological polar surface area (TPSA) is 41.5 Å². The van der Waals surface area contributed by atoms with Crippen molar-refractivity contribution in [2.75, 3.05) is 13.2 Å². The number of hydrogen-bond donors (Lipinski definition) is 2. The maximum absolute atomic E-state index is 10.1. The highest BCUT2D eigenvalue weighted by Gasteiger charge is 2.12. The SMILES string of the molecule is CC(NCC(O)COC(C)c1ccccc1)c1cccc(Cl)c1.Cl. The minimum absolute atomic E-state index is 0. The first kappa shape index (κ1) is 20.9. The third kappa shape index (κ3) is 6.80. The average molecular weight is 370 g/mol. The van der Waals surface area contributed by atoms with Crippen molar-refractivity contribution < 1.29 is 9.84 Å². The quantitative estimate of drug-likeness (QED) is 0.716. The zero-order chi connectivity index (χ0) is 16.7. The Bertz CT molecular complexity index is 595. The summed E-state index contributed by atoms with van der Waals surface area (Å²) in [6.45, 7) is 4.80. The average Bonchev–Trinajstić information content (AvgIpc) is 2.58. The maximum Gasteiger partial charge on any atom is 0.0898 e. The molecule has 2 aromatic rings. The number of halogens is 2. The van der Waals surface area contributed by atoms with Crippen molar-refractivity contribution in [2.45, 2.75) is 32.1 Å². The van der Waals surface area contributed by atoms with Gasteiger partial charge in [-0.1, -0.05) is 54.1 Å². The summed E-state index contributed by atoms with van der Waals surface area (Å²) in [6, 6.07) is 17.8. The highest BCUT2D eigenvalue weighted by Crippen LogP contribution is 2.18. The van der Waals surface area contributed by atoms with E-state index in [9.17, 15) is 5.11 Å². The summed E-state index contributed by atoms with van der Waals surface area (Å²) in [4.78, 5) is 0. The number of aliphatic hydroxyl groups excluding tert-OH is 1. The zero-order valence-electron chi connectivity index (χ0n) is 14.0. The minimum atomic E-state index is -0.553. The van der Waals surface area contributed by atoms with Gasteiger partial charge in [-0.2, -0.15) is 0 Å². The molecule has 0 spiro atoms. The van der Waals surface area contributed by atoms with E-state index in [1.165, 1.54) is 0 Å². The fourth-order valence-corrected chi connectivity index (χ4v) is 2.54. The van der Waals surface area contributed by atoms with Gasteiger partial charge in [0.1, 0.15) is 0 Å². The number of rotatable bonds is 8. The summed E-state index contributed by atoms with van der Waals surface area (Å²) in [7, 11) is 0. The molecule has 0 saturated heterocycles. The lowest BCUT2D eigenvalue weighted by Gasteiger charge is -2.20. The molecular weight excluding hydrogens is 345 g/mol. The summed E-state index contributed by atoms with van der Waals surface area (Å²) in [5, 5.41) is 14.1. The number of ether oxygens (including phenoxy) is 1. The fraction of sp³-hybridized carbons (Fsp3) is 0.368. The first-order valence-electron chi connectivity index (χ1n) is 7.89. The van der Waals surface area contributed by atoms with Gasteiger partial charge in [-0.15, -0.1) is 12.4 Å². The zero-order valence-corrected chi connectivity index (χ0v) is 15.6. The van der Waals surface area contributed by atoms with Gasteiger partial charge in [-0.05, 0) is 37.1 Å². The molecule has 0 heterocycles. The van der Waals surface area contributed by atoms with Gasteiger partial charge in [0.2, 0.25) is 0 Å². The van der Waals surface area contributed by atoms with Gasteiger partial charge in [0.15, 0.2) is 0 Å². The Hall–Kier alpha value is -1.10. The fourth-order valence-electron chi connectivity index (χ4n) is 2.34. The van der Waals surface area contributed by atoms with Crippen LogP contribution in [0.25, 0.3) is 0 Å². The minimum Gasteiger partial charge on any atom is -0.389 e. The van der Waals surface area contributed by atoms with Crippen molar-refractivity contribution in [1.29, 1.82) is 0 Å². The summed E-state index contributed by atoms with van der Waals surface area (Å²) >= 11 is 6.00. The van der Waals surface area contributed by atoms with Crippen LogP contribution in [0.3, 0.4) is 0 Å². The lowest BCUT2D eigenvalue weighted by Crippen LogP contribution is -2.32. The first-order valence-corrected chi connectivity index (χ1v) is 8.27. The Morgan fingerprint density at radius 1 is 1.04 bits per heavy atom. The largest absolute Gasteiger partial charge is 0.389 e. The lowest BCUT2D eigenvalue weighted by atomic mass is 10.1. The molecule has 0 aliphatic heterocycles. The van der Waals surface area contributed by atoms with E-state index in [2.05, 4.69) is 5.32 Å². The molecule has 3 nitrogen and oxygen atoms in total. The van der Waals surface area contributed by atoms with E-state index in [0.29, 0.717) is 13.2 Å². The van der Waals surface area contributed by atoms with Crippen LogP contribution in [0.5, 0.6) is 0 Å². The van der Waals surface area contributed by atoms with Gasteiger partial charge in [0.25, 0.3) is 0 Å². The normalized spacial score (nSPS) is 14.5. The van der Waals surface area contributed by atoms with Crippen LogP contribution in [0.1, 0.15) is 37.1 Å². The van der Waals surface area contributed by atoms with Gasteiger partial charge >= 0.3 is 0 Å². The second kappa shape index (κ2) is 10.7. The number of aliphatic hydroxyl groups is 1. The van der Waals surface area contributed by atoms with Gasteiger partial charge in [-0.3, -0.25) is 0 Å². The van der Waals surface area contributed by atoms with Crippen molar-refractivity contribution in [2.24, 2.45) is 0 Å². The van der Waals surface area contributed by atoms with E-state index in [0.717, 1.165) is 16.1 Å². The van der Waals surface area contributed by atoms with Crippen LogP contribution in [0.4, 0.5) is 0 Å². The Morgan fingerprint density at radius 2 is 1.71 bits per heavy atom. The van der Waals surface area contributed by atoms with Crippen molar-refractivity contribution in [3.63, 3.8) is 0 Å². The Kier molecular flexibility index (Phi) is 9.34. The molecule has 0 aliphatic carbocycles. The molecule has 0 bridgehead atoms. The van der Waals surface area contributed by atoms with E-state index < -0.39 is 6.10 Å². The predicted octanol–water partition coefficient (Wildman–Crippen LogP) is 4.55. The van der Waals surface area contributed by atoms with Crippen LogP contribution < -0.4 is 5.32 Å². The Labute approximate surface area is 155 Å². The van der Waals surface area contributed by atoms with Crippen LogP contribution >= 0.6 is 24.0 Å². The molecule has 2 N–H and O–H groups in total. The van der Waals surface area contributed by atoms with E-state index >= 15 is 0 Å². The van der Waals surface area contributed by atoms with Crippen LogP contribution in [0, 0.1) is 0 Å². The van der Waals surface area contributed by atoms with Crippen LogP contribution in [-0.4, -0.2) is 24.4 Å². The molecule has 132 valence electrons. The molecule has 0 fully saturated rings. The third-order valence-corrected chi connectivity index (χ3v) is 4.05. The molecule has 3 atom stereocenters. The number of benzene rings is 2. The standard InChI is InChI=1S/C19H24ClNO2.ClH/c1-14(17-9-6-10-18(20)11-17)21-12-19(22)13-23-15(2)16-7-4-3-5-8-16;/h3-11,14-15,19,21-22H,12-13H2,1-2H3;1H. The monoisotopic (exact) mass is 369 g/mol. The number of hydrogen-bond acceptors (Lipinski definition) is 3. The van der Waals surface area contributed by atoms with Gasteiger partial charge < -0.3 is 15.2 Å². The summed E-state index contributed by atoms with van der Waals surface area (Å²) in [6.07, 6.45) is -0.584. The Morgan fingerprint density at radius 3 is 2.38 bits per heavy atom. The predicted molar refractivity (Wildman–Crippen MR) is 102 cm³/mol. The third-order valence-electron chi connectivity index (χ3n) is 3.82. The van der Waals surface area contributed by atoms with Gasteiger partial charge in [-0.25, -0.2) is 0 Å². The molecule has 0 saturated carbocycles. The molecule has 0 aromatic heterocycles. The van der Waals surface area contributed by atoms with Crippen molar-refractivity contribution >= 4 is 24.0 Å². The molecule has 5 heteroatoms. The number of nitrogens with one attached hydrogen (secondary N) is 1. The van der Waals surface area contributed by atoms with E-state index in [-0.39, 0.29) is 24.6 Å². The smallest absolute Gasteiger partial charge is 0.0898 e. The highest BCUT2D eigenvalue weighted by molar-refractivity contribution is 6.30. The lowest BCUT2D eigenvalue weighted by molar-refractivity contribution is -0.00276.